The van der Waals surface area contributed by atoms with Crippen molar-refractivity contribution in [3.8, 4) is 0 Å². The molecule has 2 aromatic rings. The highest BCUT2D eigenvalue weighted by Gasteiger charge is 2.08. The molecule has 0 unspecified atom stereocenters. The lowest BCUT2D eigenvalue weighted by Gasteiger charge is -2.20. The molecule has 0 saturated carbocycles. The van der Waals surface area contributed by atoms with Gasteiger partial charge in [0, 0.05) is 25.5 Å². The Morgan fingerprint density at radius 2 is 1.83 bits per heavy atom. The Balaban J connectivity index is 2.18. The third kappa shape index (κ3) is 2.77. The van der Waals surface area contributed by atoms with Crippen molar-refractivity contribution >= 4 is 11.5 Å². The minimum atomic E-state index is 0.785. The van der Waals surface area contributed by atoms with Gasteiger partial charge in [0.25, 0.3) is 0 Å². The Hall–Kier alpha value is -2.10. The van der Waals surface area contributed by atoms with Crippen LogP contribution < -0.4 is 10.6 Å². The number of hydrogen-bond acceptors (Lipinski definition) is 4. The molecule has 2 rings (SSSR count). The van der Waals surface area contributed by atoms with E-state index in [1.807, 2.05) is 45.2 Å². The van der Waals surface area contributed by atoms with Gasteiger partial charge in [0.05, 0.1) is 11.4 Å². The SMILES string of the molecule is Cc1cnc(C)c(N(C)Cc2ccc(N)cc2)n1. The van der Waals surface area contributed by atoms with Crippen LogP contribution in [0.25, 0.3) is 0 Å². The van der Waals surface area contributed by atoms with E-state index in [0.717, 1.165) is 29.4 Å². The zero-order valence-corrected chi connectivity index (χ0v) is 11.0. The molecule has 18 heavy (non-hydrogen) atoms. The van der Waals surface area contributed by atoms with Crippen molar-refractivity contribution in [1.29, 1.82) is 0 Å². The van der Waals surface area contributed by atoms with E-state index >= 15 is 0 Å². The van der Waals surface area contributed by atoms with E-state index in [1.54, 1.807) is 6.20 Å². The highest BCUT2D eigenvalue weighted by molar-refractivity contribution is 5.45. The Kier molecular flexibility index (Phi) is 3.46. The van der Waals surface area contributed by atoms with Crippen molar-refractivity contribution in [2.45, 2.75) is 20.4 Å². The number of nitrogens with two attached hydrogens (primary N) is 1. The summed E-state index contributed by atoms with van der Waals surface area (Å²) < 4.78 is 0. The van der Waals surface area contributed by atoms with Crippen LogP contribution in [0.4, 0.5) is 11.5 Å². The lowest BCUT2D eigenvalue weighted by Crippen LogP contribution is -2.19. The number of nitrogen functional groups attached to an aromatic ring is 1. The molecule has 4 heteroatoms. The van der Waals surface area contributed by atoms with Gasteiger partial charge in [-0.1, -0.05) is 12.1 Å². The van der Waals surface area contributed by atoms with Gasteiger partial charge in [0.15, 0.2) is 0 Å². The predicted molar refractivity (Wildman–Crippen MR) is 74.5 cm³/mol. The van der Waals surface area contributed by atoms with Crippen LogP contribution in [0.15, 0.2) is 30.5 Å². The van der Waals surface area contributed by atoms with Crippen LogP contribution in [-0.2, 0) is 6.54 Å². The van der Waals surface area contributed by atoms with Crippen molar-refractivity contribution in [1.82, 2.24) is 9.97 Å². The van der Waals surface area contributed by atoms with Crippen molar-refractivity contribution in [3.63, 3.8) is 0 Å². The molecule has 0 atom stereocenters. The zero-order valence-electron chi connectivity index (χ0n) is 11.0. The molecular weight excluding hydrogens is 224 g/mol. The molecule has 0 bridgehead atoms. The molecule has 0 amide bonds. The van der Waals surface area contributed by atoms with Gasteiger partial charge in [-0.15, -0.1) is 0 Å². The first-order chi connectivity index (χ1) is 8.56. The molecule has 0 spiro atoms. The highest BCUT2D eigenvalue weighted by Crippen LogP contribution is 2.16. The average Bonchev–Trinajstić information content (AvgIpc) is 2.35. The first-order valence-electron chi connectivity index (χ1n) is 5.92. The van der Waals surface area contributed by atoms with Gasteiger partial charge in [-0.2, -0.15) is 0 Å². The van der Waals surface area contributed by atoms with Crippen LogP contribution in [0.3, 0.4) is 0 Å². The fourth-order valence-electron chi connectivity index (χ4n) is 1.86. The number of hydrogen-bond donors (Lipinski definition) is 1. The Morgan fingerprint density at radius 1 is 1.17 bits per heavy atom. The van der Waals surface area contributed by atoms with Gasteiger partial charge in [-0.05, 0) is 31.5 Å². The first kappa shape index (κ1) is 12.4. The van der Waals surface area contributed by atoms with Crippen LogP contribution in [0.5, 0.6) is 0 Å². The second-order valence-corrected chi connectivity index (χ2v) is 4.52. The van der Waals surface area contributed by atoms with E-state index in [1.165, 1.54) is 5.56 Å². The molecule has 0 aliphatic rings. The summed E-state index contributed by atoms with van der Waals surface area (Å²) in [7, 11) is 2.02. The molecule has 94 valence electrons. The number of rotatable bonds is 3. The summed E-state index contributed by atoms with van der Waals surface area (Å²) in [6, 6.07) is 7.89. The maximum atomic E-state index is 5.68. The van der Waals surface area contributed by atoms with Crippen molar-refractivity contribution in [3.05, 3.63) is 47.4 Å². The van der Waals surface area contributed by atoms with E-state index in [4.69, 9.17) is 5.73 Å². The standard InChI is InChI=1S/C14H18N4/c1-10-8-16-11(2)14(17-10)18(3)9-12-4-6-13(15)7-5-12/h4-8H,9,15H2,1-3H3. The van der Waals surface area contributed by atoms with E-state index in [9.17, 15) is 0 Å². The molecule has 1 aromatic carbocycles. The average molecular weight is 242 g/mol. The van der Waals surface area contributed by atoms with E-state index < -0.39 is 0 Å². The van der Waals surface area contributed by atoms with E-state index in [2.05, 4.69) is 14.9 Å². The Labute approximate surface area is 107 Å². The largest absolute Gasteiger partial charge is 0.399 e. The molecule has 0 radical (unpaired) electrons. The second-order valence-electron chi connectivity index (χ2n) is 4.52. The fourth-order valence-corrected chi connectivity index (χ4v) is 1.86. The van der Waals surface area contributed by atoms with Gasteiger partial charge in [-0.25, -0.2) is 4.98 Å². The molecule has 0 aliphatic heterocycles. The summed E-state index contributed by atoms with van der Waals surface area (Å²) in [6.07, 6.45) is 1.79. The van der Waals surface area contributed by atoms with Crippen LogP contribution in [0.2, 0.25) is 0 Å². The fraction of sp³-hybridized carbons (Fsp3) is 0.286. The summed E-state index contributed by atoms with van der Waals surface area (Å²) in [6.45, 7) is 4.72. The van der Waals surface area contributed by atoms with Crippen LogP contribution in [-0.4, -0.2) is 17.0 Å². The van der Waals surface area contributed by atoms with E-state index in [0.29, 0.717) is 0 Å². The zero-order chi connectivity index (χ0) is 13.1. The Bertz CT molecular complexity index is 534. The molecule has 0 aliphatic carbocycles. The normalized spacial score (nSPS) is 10.4. The number of aromatic nitrogens is 2. The maximum absolute atomic E-state index is 5.68. The van der Waals surface area contributed by atoms with E-state index in [-0.39, 0.29) is 0 Å². The number of aryl methyl sites for hydroxylation is 2. The summed E-state index contributed by atoms with van der Waals surface area (Å²) in [5.74, 6) is 0.923. The molecule has 0 fully saturated rings. The minimum absolute atomic E-state index is 0.785. The molecule has 1 heterocycles. The van der Waals surface area contributed by atoms with Gasteiger partial charge >= 0.3 is 0 Å². The Morgan fingerprint density at radius 3 is 2.50 bits per heavy atom. The summed E-state index contributed by atoms with van der Waals surface area (Å²) in [5, 5.41) is 0. The third-order valence-electron chi connectivity index (χ3n) is 2.81. The molecule has 2 N–H and O–H groups in total. The monoisotopic (exact) mass is 242 g/mol. The lowest BCUT2D eigenvalue weighted by molar-refractivity contribution is 0.869. The van der Waals surface area contributed by atoms with Crippen LogP contribution in [0, 0.1) is 13.8 Å². The van der Waals surface area contributed by atoms with Gasteiger partial charge in [0.1, 0.15) is 5.82 Å². The number of benzene rings is 1. The molecule has 0 saturated heterocycles. The first-order valence-corrected chi connectivity index (χ1v) is 5.92. The van der Waals surface area contributed by atoms with Crippen molar-refractivity contribution in [2.75, 3.05) is 17.7 Å². The summed E-state index contributed by atoms with van der Waals surface area (Å²) in [5.41, 5.74) is 9.54. The predicted octanol–water partition coefficient (Wildman–Crippen LogP) is 2.31. The number of anilines is 2. The quantitative estimate of drug-likeness (QED) is 0.839. The summed E-state index contributed by atoms with van der Waals surface area (Å²) in [4.78, 5) is 11.0. The van der Waals surface area contributed by atoms with Crippen molar-refractivity contribution < 1.29 is 0 Å². The molecule has 4 nitrogen and oxygen atoms in total. The van der Waals surface area contributed by atoms with Crippen LogP contribution in [0.1, 0.15) is 17.0 Å². The van der Waals surface area contributed by atoms with Crippen LogP contribution >= 0.6 is 0 Å². The maximum Gasteiger partial charge on any atom is 0.150 e. The molecular formula is C14H18N4. The van der Waals surface area contributed by atoms with Crippen molar-refractivity contribution in [2.24, 2.45) is 0 Å². The topological polar surface area (TPSA) is 55.0 Å². The molecule has 1 aromatic heterocycles. The van der Waals surface area contributed by atoms with Gasteiger partial charge in [0.2, 0.25) is 0 Å². The smallest absolute Gasteiger partial charge is 0.150 e. The highest BCUT2D eigenvalue weighted by atomic mass is 15.2. The summed E-state index contributed by atoms with van der Waals surface area (Å²) >= 11 is 0. The number of nitrogens with zero attached hydrogens (tertiary/aromatic N) is 3. The van der Waals surface area contributed by atoms with Gasteiger partial charge < -0.3 is 10.6 Å². The van der Waals surface area contributed by atoms with Gasteiger partial charge in [-0.3, -0.25) is 4.98 Å². The second kappa shape index (κ2) is 5.04. The third-order valence-corrected chi connectivity index (χ3v) is 2.81. The minimum Gasteiger partial charge on any atom is -0.399 e. The lowest BCUT2D eigenvalue weighted by atomic mass is 10.2.